The molecule has 85 heavy (non-hydrogen) atoms. The molecular weight excluding hydrogens is 1040 g/mol. The average molecular weight is 1200 g/mol. The Morgan fingerprint density at radius 3 is 0.718 bits per heavy atom. The van der Waals surface area contributed by atoms with Crippen molar-refractivity contribution in [3.05, 3.63) is 0 Å². The number of unbranched alkanes of at least 4 members (excludes halogenated alkanes) is 65. The zero-order valence-electron chi connectivity index (χ0n) is 58.4. The van der Waals surface area contributed by atoms with E-state index in [9.17, 15) is 19.8 Å². The molecule has 6 heteroatoms. The van der Waals surface area contributed by atoms with Crippen LogP contribution < -0.4 is 5.32 Å². The molecule has 2 atom stereocenters. The summed E-state index contributed by atoms with van der Waals surface area (Å²) in [5.41, 5.74) is 0. The first-order chi connectivity index (χ1) is 42.0. The van der Waals surface area contributed by atoms with Crippen LogP contribution in [0.15, 0.2) is 0 Å². The summed E-state index contributed by atoms with van der Waals surface area (Å²) < 4.78 is 5.52. The predicted molar refractivity (Wildman–Crippen MR) is 375 cm³/mol. The van der Waals surface area contributed by atoms with Crippen molar-refractivity contribution in [3.63, 3.8) is 0 Å². The molecule has 3 N–H and O–H groups in total. The number of nitrogens with one attached hydrogen (secondary N) is 1. The van der Waals surface area contributed by atoms with Gasteiger partial charge in [-0.05, 0) is 25.7 Å². The van der Waals surface area contributed by atoms with Gasteiger partial charge in [0.05, 0.1) is 25.4 Å². The first-order valence-corrected chi connectivity index (χ1v) is 39.8. The molecule has 0 aromatic rings. The van der Waals surface area contributed by atoms with E-state index in [-0.39, 0.29) is 18.5 Å². The van der Waals surface area contributed by atoms with E-state index in [2.05, 4.69) is 19.2 Å². The zero-order valence-corrected chi connectivity index (χ0v) is 58.4. The van der Waals surface area contributed by atoms with E-state index in [1.54, 1.807) is 0 Å². The van der Waals surface area contributed by atoms with Crippen molar-refractivity contribution in [1.82, 2.24) is 5.32 Å². The molecule has 0 aromatic heterocycles. The third-order valence-corrected chi connectivity index (χ3v) is 19.2. The van der Waals surface area contributed by atoms with Crippen LogP contribution in [0, 0.1) is 0 Å². The Labute approximate surface area is 534 Å². The monoisotopic (exact) mass is 1200 g/mol. The van der Waals surface area contributed by atoms with Gasteiger partial charge in [0.1, 0.15) is 0 Å². The second-order valence-corrected chi connectivity index (χ2v) is 27.8. The lowest BCUT2D eigenvalue weighted by Gasteiger charge is -2.22. The number of ether oxygens (including phenoxy) is 1. The average Bonchev–Trinajstić information content (AvgIpc) is 3.52. The Balaban J connectivity index is 3.27. The van der Waals surface area contributed by atoms with Crippen molar-refractivity contribution in [2.24, 2.45) is 0 Å². The van der Waals surface area contributed by atoms with Crippen LogP contribution in [-0.2, 0) is 14.3 Å². The Morgan fingerprint density at radius 2 is 0.482 bits per heavy atom. The molecule has 0 rings (SSSR count). The highest BCUT2D eigenvalue weighted by atomic mass is 16.5. The smallest absolute Gasteiger partial charge is 0.305 e. The number of hydrogen-bond acceptors (Lipinski definition) is 5. The van der Waals surface area contributed by atoms with Crippen molar-refractivity contribution in [1.29, 1.82) is 0 Å². The molecule has 0 aromatic carbocycles. The lowest BCUT2D eigenvalue weighted by atomic mass is 10.0. The number of aliphatic hydroxyl groups is 2. The molecule has 0 bridgehead atoms. The van der Waals surface area contributed by atoms with Gasteiger partial charge in [0.2, 0.25) is 5.91 Å². The molecule has 1 amide bonds. The lowest BCUT2D eigenvalue weighted by Crippen LogP contribution is -2.45. The second-order valence-electron chi connectivity index (χ2n) is 27.8. The molecule has 0 fully saturated rings. The zero-order chi connectivity index (χ0) is 61.3. The van der Waals surface area contributed by atoms with Gasteiger partial charge in [-0.3, -0.25) is 9.59 Å². The Kier molecular flexibility index (Phi) is 74.3. The van der Waals surface area contributed by atoms with E-state index in [1.807, 2.05) is 0 Å². The van der Waals surface area contributed by atoms with E-state index in [0.717, 1.165) is 38.5 Å². The van der Waals surface area contributed by atoms with Gasteiger partial charge < -0.3 is 20.3 Å². The molecule has 508 valence electrons. The Hall–Kier alpha value is -1.14. The van der Waals surface area contributed by atoms with Crippen LogP contribution in [0.5, 0.6) is 0 Å². The number of carbonyl (C=O) groups excluding carboxylic acids is 2. The fourth-order valence-corrected chi connectivity index (χ4v) is 13.1. The fraction of sp³-hybridized carbons (Fsp3) is 0.975. The first-order valence-electron chi connectivity index (χ1n) is 39.8. The highest BCUT2D eigenvalue weighted by Crippen LogP contribution is 2.21. The first kappa shape index (κ1) is 83.9. The van der Waals surface area contributed by atoms with Gasteiger partial charge in [-0.2, -0.15) is 0 Å². The molecule has 0 aliphatic rings. The third-order valence-electron chi connectivity index (χ3n) is 19.2. The number of hydrogen-bond donors (Lipinski definition) is 3. The van der Waals surface area contributed by atoms with E-state index < -0.39 is 12.1 Å². The maximum Gasteiger partial charge on any atom is 0.305 e. The summed E-state index contributed by atoms with van der Waals surface area (Å²) in [4.78, 5) is 24.6. The van der Waals surface area contributed by atoms with Crippen LogP contribution in [0.2, 0.25) is 0 Å². The SMILES string of the molecule is CCCCCCCCCCCCCCCCCCCC(=O)OCCCCCCCCCCCCCCCCCCCCCCCCCCCCCCCCCCCCCCCC(=O)NC(CO)C(O)CCCCCCCCCCCCCCCC. The van der Waals surface area contributed by atoms with Gasteiger partial charge >= 0.3 is 5.97 Å². The van der Waals surface area contributed by atoms with Crippen molar-refractivity contribution in [2.45, 2.75) is 482 Å². The van der Waals surface area contributed by atoms with E-state index in [4.69, 9.17) is 4.74 Å². The fourth-order valence-electron chi connectivity index (χ4n) is 13.1. The van der Waals surface area contributed by atoms with E-state index >= 15 is 0 Å². The van der Waals surface area contributed by atoms with Crippen molar-refractivity contribution in [3.8, 4) is 0 Å². The Bertz CT molecular complexity index is 1240. The van der Waals surface area contributed by atoms with Crippen LogP contribution in [0.1, 0.15) is 470 Å². The number of carbonyl (C=O) groups is 2. The van der Waals surface area contributed by atoms with Crippen molar-refractivity contribution in [2.75, 3.05) is 13.2 Å². The summed E-state index contributed by atoms with van der Waals surface area (Å²) in [6, 6.07) is -0.535. The van der Waals surface area contributed by atoms with Gasteiger partial charge in [0.15, 0.2) is 0 Å². The maximum absolute atomic E-state index is 12.5. The molecule has 0 spiro atoms. The molecule has 0 aliphatic heterocycles. The lowest BCUT2D eigenvalue weighted by molar-refractivity contribution is -0.143. The minimum atomic E-state index is -0.659. The minimum absolute atomic E-state index is 0.0254. The quantitative estimate of drug-likeness (QED) is 0.0417. The minimum Gasteiger partial charge on any atom is -0.466 e. The molecule has 0 heterocycles. The summed E-state index contributed by atoms with van der Waals surface area (Å²) >= 11 is 0. The number of esters is 1. The molecule has 0 radical (unpaired) electrons. The molecule has 2 unspecified atom stereocenters. The van der Waals surface area contributed by atoms with Gasteiger partial charge in [-0.25, -0.2) is 0 Å². The molecule has 0 saturated heterocycles. The van der Waals surface area contributed by atoms with E-state index in [1.165, 1.54) is 398 Å². The standard InChI is InChI=1S/C79H157NO5/c1-3-5-7-9-11-13-15-17-19-41-45-49-53-57-61-65-69-73-79(84)85-74-70-66-62-58-54-50-46-43-40-38-36-34-32-30-28-26-24-22-20-21-23-25-27-29-31-33-35-37-39-42-44-48-52-56-60-64-68-72-78(83)80-76(75-81)77(82)71-67-63-59-55-51-47-18-16-14-12-10-8-6-4-2/h76-77,81-82H,3-75H2,1-2H3,(H,80,83). The number of aliphatic hydroxyl groups excluding tert-OH is 2. The molecule has 0 aliphatic carbocycles. The summed E-state index contributed by atoms with van der Waals surface area (Å²) in [7, 11) is 0. The topological polar surface area (TPSA) is 95.9 Å². The third kappa shape index (κ3) is 71.8. The predicted octanol–water partition coefficient (Wildman–Crippen LogP) is 26.1. The van der Waals surface area contributed by atoms with Crippen molar-refractivity contribution >= 4 is 11.9 Å². The summed E-state index contributed by atoms with van der Waals surface area (Å²) in [6.07, 6.45) is 93.5. The van der Waals surface area contributed by atoms with Crippen LogP contribution in [0.3, 0.4) is 0 Å². The normalized spacial score (nSPS) is 12.4. The largest absolute Gasteiger partial charge is 0.466 e. The van der Waals surface area contributed by atoms with Crippen LogP contribution >= 0.6 is 0 Å². The number of amides is 1. The molecule has 0 saturated carbocycles. The second kappa shape index (κ2) is 75.3. The molecule has 6 nitrogen and oxygen atoms in total. The summed E-state index contributed by atoms with van der Waals surface area (Å²) in [5.74, 6) is 0.00333. The highest BCUT2D eigenvalue weighted by Gasteiger charge is 2.20. The maximum atomic E-state index is 12.5. The van der Waals surface area contributed by atoms with Gasteiger partial charge in [-0.15, -0.1) is 0 Å². The van der Waals surface area contributed by atoms with Gasteiger partial charge in [0.25, 0.3) is 0 Å². The molecular formula is C79H157NO5. The van der Waals surface area contributed by atoms with Gasteiger partial charge in [-0.1, -0.05) is 431 Å². The highest BCUT2D eigenvalue weighted by molar-refractivity contribution is 5.76. The van der Waals surface area contributed by atoms with E-state index in [0.29, 0.717) is 25.9 Å². The van der Waals surface area contributed by atoms with Crippen LogP contribution in [-0.4, -0.2) is 47.4 Å². The van der Waals surface area contributed by atoms with Crippen LogP contribution in [0.25, 0.3) is 0 Å². The van der Waals surface area contributed by atoms with Gasteiger partial charge in [0, 0.05) is 12.8 Å². The van der Waals surface area contributed by atoms with Crippen LogP contribution in [0.4, 0.5) is 0 Å². The Morgan fingerprint density at radius 1 is 0.282 bits per heavy atom. The number of rotatable bonds is 76. The summed E-state index contributed by atoms with van der Waals surface area (Å²) in [6.45, 7) is 5.01. The summed E-state index contributed by atoms with van der Waals surface area (Å²) in [5, 5.41) is 23.3. The van der Waals surface area contributed by atoms with Crippen molar-refractivity contribution < 1.29 is 24.5 Å².